The lowest BCUT2D eigenvalue weighted by Crippen LogP contribution is -2.43. The summed E-state index contributed by atoms with van der Waals surface area (Å²) >= 11 is 0. The summed E-state index contributed by atoms with van der Waals surface area (Å²) in [7, 11) is 0. The number of halogens is 1. The van der Waals surface area contributed by atoms with Gasteiger partial charge in [-0.15, -0.1) is 0 Å². The van der Waals surface area contributed by atoms with Gasteiger partial charge in [-0.3, -0.25) is 9.59 Å². The molecule has 0 unspecified atom stereocenters. The second-order valence-electron chi connectivity index (χ2n) is 8.01. The van der Waals surface area contributed by atoms with E-state index < -0.39 is 11.7 Å². The molecule has 2 heterocycles. The molecule has 152 valence electrons. The number of carbonyl (C=O) groups excluding carboxylic acids is 2. The van der Waals surface area contributed by atoms with Crippen LogP contribution in [0.4, 0.5) is 10.1 Å². The molecule has 0 radical (unpaired) electrons. The van der Waals surface area contributed by atoms with E-state index in [1.54, 1.807) is 18.2 Å². The van der Waals surface area contributed by atoms with Gasteiger partial charge in [0.05, 0.1) is 5.92 Å². The van der Waals surface area contributed by atoms with Gasteiger partial charge in [0.1, 0.15) is 11.6 Å². The predicted octanol–water partition coefficient (Wildman–Crippen LogP) is 3.83. The Morgan fingerprint density at radius 1 is 1.14 bits per heavy atom. The van der Waals surface area contributed by atoms with Gasteiger partial charge >= 0.3 is 0 Å². The van der Waals surface area contributed by atoms with E-state index in [0.29, 0.717) is 30.3 Å². The quantitative estimate of drug-likeness (QED) is 0.825. The number of benzene rings is 2. The van der Waals surface area contributed by atoms with Gasteiger partial charge in [0, 0.05) is 25.2 Å². The molecule has 1 saturated heterocycles. The van der Waals surface area contributed by atoms with Gasteiger partial charge in [-0.25, -0.2) is 4.39 Å². The Bertz CT molecular complexity index is 905. The number of hydrogen-bond acceptors (Lipinski definition) is 3. The van der Waals surface area contributed by atoms with Crippen molar-refractivity contribution in [1.29, 1.82) is 0 Å². The van der Waals surface area contributed by atoms with Gasteiger partial charge in [0.25, 0.3) is 0 Å². The summed E-state index contributed by atoms with van der Waals surface area (Å²) in [5.74, 6) is -0.403. The molecule has 0 spiro atoms. The first kappa shape index (κ1) is 19.4. The number of fused-ring (bicyclic) bond motifs is 1. The number of amides is 2. The van der Waals surface area contributed by atoms with E-state index in [0.717, 1.165) is 25.7 Å². The van der Waals surface area contributed by atoms with Crippen LogP contribution in [0.15, 0.2) is 42.5 Å². The van der Waals surface area contributed by atoms with Crippen LogP contribution < -0.4 is 5.32 Å². The van der Waals surface area contributed by atoms with E-state index in [4.69, 9.17) is 0 Å². The summed E-state index contributed by atoms with van der Waals surface area (Å²) in [4.78, 5) is 27.0. The third-order valence-electron chi connectivity index (χ3n) is 6.06. The Hall–Kier alpha value is -2.89. The number of nitrogens with one attached hydrogen (secondary N) is 1. The van der Waals surface area contributed by atoms with Crippen molar-refractivity contribution in [2.45, 2.75) is 38.0 Å². The summed E-state index contributed by atoms with van der Waals surface area (Å²) in [6.07, 6.45) is 4.01. The molecule has 2 amide bonds. The fraction of sp³-hybridized carbons (Fsp3) is 0.391. The minimum atomic E-state index is -0.534. The van der Waals surface area contributed by atoms with Crippen molar-refractivity contribution >= 4 is 17.5 Å². The maximum atomic E-state index is 13.5. The zero-order valence-electron chi connectivity index (χ0n) is 16.2. The molecule has 2 aliphatic heterocycles. The first-order chi connectivity index (χ1) is 14.0. The van der Waals surface area contributed by atoms with Crippen LogP contribution in [-0.2, 0) is 16.0 Å². The highest BCUT2D eigenvalue weighted by Crippen LogP contribution is 2.35. The Labute approximate surface area is 169 Å². The lowest BCUT2D eigenvalue weighted by atomic mass is 9.87. The molecule has 29 heavy (non-hydrogen) atoms. The van der Waals surface area contributed by atoms with Crippen LogP contribution in [0.5, 0.6) is 5.75 Å². The molecule has 0 bridgehead atoms. The average molecular weight is 396 g/mol. The Kier molecular flexibility index (Phi) is 5.51. The summed E-state index contributed by atoms with van der Waals surface area (Å²) < 4.78 is 13.5. The molecular formula is C23H25FN2O3. The lowest BCUT2D eigenvalue weighted by Gasteiger charge is -2.35. The van der Waals surface area contributed by atoms with Crippen molar-refractivity contribution in [3.63, 3.8) is 0 Å². The number of aryl methyl sites for hydroxylation is 1. The van der Waals surface area contributed by atoms with Crippen molar-refractivity contribution in [2.75, 3.05) is 18.4 Å². The number of hydrogen-bond donors (Lipinski definition) is 2. The molecule has 1 fully saturated rings. The normalized spacial score (nSPS) is 19.6. The third kappa shape index (κ3) is 4.42. The second kappa shape index (κ2) is 8.23. The maximum Gasteiger partial charge on any atom is 0.230 e. The molecule has 4 rings (SSSR count). The number of likely N-dealkylation sites (tertiary alicyclic amines) is 1. The van der Waals surface area contributed by atoms with E-state index in [1.165, 1.54) is 17.7 Å². The lowest BCUT2D eigenvalue weighted by molar-refractivity contribution is -0.136. The van der Waals surface area contributed by atoms with E-state index in [-0.39, 0.29) is 24.0 Å². The van der Waals surface area contributed by atoms with Gasteiger partial charge in [-0.1, -0.05) is 18.2 Å². The highest BCUT2D eigenvalue weighted by atomic mass is 19.1. The van der Waals surface area contributed by atoms with Gasteiger partial charge in [0.15, 0.2) is 0 Å². The number of anilines is 1. The molecule has 5 nitrogen and oxygen atoms in total. The zero-order valence-corrected chi connectivity index (χ0v) is 16.2. The van der Waals surface area contributed by atoms with Crippen molar-refractivity contribution in [3.05, 3.63) is 59.4 Å². The minimum absolute atomic E-state index is 0.0373. The van der Waals surface area contributed by atoms with Crippen molar-refractivity contribution in [2.24, 2.45) is 5.92 Å². The van der Waals surface area contributed by atoms with Gasteiger partial charge in [-0.2, -0.15) is 0 Å². The van der Waals surface area contributed by atoms with Gasteiger partial charge in [-0.05, 0) is 67.0 Å². The first-order valence-corrected chi connectivity index (χ1v) is 10.2. The molecule has 2 N–H and O–H groups in total. The van der Waals surface area contributed by atoms with Crippen molar-refractivity contribution in [1.82, 2.24) is 4.90 Å². The van der Waals surface area contributed by atoms with E-state index in [9.17, 15) is 19.1 Å². The largest absolute Gasteiger partial charge is 0.508 e. The molecule has 2 aliphatic rings. The number of piperidine rings is 1. The predicted molar refractivity (Wildman–Crippen MR) is 108 cm³/mol. The SMILES string of the molecule is O=C1C[C@@H](C(=O)N2CCC(CCc3ccc(O)cc3)CC2)c2ccc(F)cc2N1. The molecule has 1 atom stereocenters. The van der Waals surface area contributed by atoms with Crippen molar-refractivity contribution in [3.8, 4) is 5.75 Å². The van der Waals surface area contributed by atoms with Crippen LogP contribution in [0.3, 0.4) is 0 Å². The van der Waals surface area contributed by atoms with Crippen LogP contribution >= 0.6 is 0 Å². The third-order valence-corrected chi connectivity index (χ3v) is 6.06. The standard InChI is InChI=1S/C23H25FN2O3/c24-17-5-8-19-20(14-22(28)25-21(19)13-17)23(29)26-11-9-16(10-12-26)2-1-15-3-6-18(27)7-4-15/h3-8,13,16,20,27H,1-2,9-12,14H2,(H,25,28)/t20-/m1/s1. The van der Waals surface area contributed by atoms with Crippen LogP contribution in [0.1, 0.15) is 42.7 Å². The van der Waals surface area contributed by atoms with Crippen LogP contribution in [-0.4, -0.2) is 34.9 Å². The number of rotatable bonds is 4. The molecule has 0 saturated carbocycles. The Morgan fingerprint density at radius 2 is 1.86 bits per heavy atom. The molecule has 2 aromatic carbocycles. The summed E-state index contributed by atoms with van der Waals surface area (Å²) in [6, 6.07) is 11.5. The highest BCUT2D eigenvalue weighted by molar-refractivity contribution is 6.01. The fourth-order valence-corrected chi connectivity index (χ4v) is 4.35. The fourth-order valence-electron chi connectivity index (χ4n) is 4.35. The molecule has 2 aromatic rings. The van der Waals surface area contributed by atoms with Crippen LogP contribution in [0, 0.1) is 11.7 Å². The van der Waals surface area contributed by atoms with Crippen molar-refractivity contribution < 1.29 is 19.1 Å². The summed E-state index contributed by atoms with van der Waals surface area (Å²) in [5, 5.41) is 12.0. The molecule has 0 aromatic heterocycles. The maximum absolute atomic E-state index is 13.5. The average Bonchev–Trinajstić information content (AvgIpc) is 2.72. The molecular weight excluding hydrogens is 371 g/mol. The second-order valence-corrected chi connectivity index (χ2v) is 8.01. The van der Waals surface area contributed by atoms with E-state index in [1.807, 2.05) is 17.0 Å². The van der Waals surface area contributed by atoms with E-state index >= 15 is 0 Å². The van der Waals surface area contributed by atoms with Crippen LogP contribution in [0.2, 0.25) is 0 Å². The minimum Gasteiger partial charge on any atom is -0.508 e. The summed E-state index contributed by atoms with van der Waals surface area (Å²) in [5.41, 5.74) is 2.31. The number of nitrogens with zero attached hydrogens (tertiary/aromatic N) is 1. The number of phenolic OH excluding ortho intramolecular Hbond substituents is 1. The number of phenols is 1. The van der Waals surface area contributed by atoms with Gasteiger partial charge in [0.2, 0.25) is 11.8 Å². The summed E-state index contributed by atoms with van der Waals surface area (Å²) in [6.45, 7) is 1.38. The smallest absolute Gasteiger partial charge is 0.230 e. The Balaban J connectivity index is 1.34. The number of carbonyl (C=O) groups is 2. The Morgan fingerprint density at radius 3 is 2.59 bits per heavy atom. The molecule has 0 aliphatic carbocycles. The highest BCUT2D eigenvalue weighted by Gasteiger charge is 2.35. The van der Waals surface area contributed by atoms with E-state index in [2.05, 4.69) is 5.32 Å². The van der Waals surface area contributed by atoms with Crippen LogP contribution in [0.25, 0.3) is 0 Å². The number of aromatic hydroxyl groups is 1. The first-order valence-electron chi connectivity index (χ1n) is 10.2. The molecule has 6 heteroatoms. The topological polar surface area (TPSA) is 69.6 Å². The zero-order chi connectivity index (χ0) is 20.4. The monoisotopic (exact) mass is 396 g/mol. The van der Waals surface area contributed by atoms with Gasteiger partial charge < -0.3 is 15.3 Å².